The van der Waals surface area contributed by atoms with E-state index in [0.29, 0.717) is 31.4 Å². The van der Waals surface area contributed by atoms with Crippen molar-refractivity contribution in [3.63, 3.8) is 0 Å². The number of nitrogens with one attached hydrogen (secondary N) is 2. The Hall–Kier alpha value is -3.18. The molecular weight excluding hydrogens is 494 g/mol. The average Bonchev–Trinajstić information content (AvgIpc) is 3.46. The quantitative estimate of drug-likeness (QED) is 0.571. The lowest BCUT2D eigenvalue weighted by molar-refractivity contribution is -0.182. The number of aromatic amines is 1. The minimum Gasteiger partial charge on any atom is -0.481 e. The van der Waals surface area contributed by atoms with E-state index in [0.717, 1.165) is 19.0 Å². The Morgan fingerprint density at radius 1 is 1.08 bits per heavy atom. The summed E-state index contributed by atoms with van der Waals surface area (Å²) in [6, 6.07) is 2.43. The zero-order valence-corrected chi connectivity index (χ0v) is 20.4. The van der Waals surface area contributed by atoms with Gasteiger partial charge >= 0.3 is 6.18 Å². The number of fused-ring (bicyclic) bond motifs is 2. The van der Waals surface area contributed by atoms with Crippen molar-refractivity contribution in [3.05, 3.63) is 29.8 Å². The van der Waals surface area contributed by atoms with Gasteiger partial charge in [0.15, 0.2) is 11.5 Å². The van der Waals surface area contributed by atoms with Crippen LogP contribution in [-0.4, -0.2) is 63.3 Å². The van der Waals surface area contributed by atoms with E-state index in [2.05, 4.69) is 20.5 Å². The molecule has 2 N–H and O–H groups in total. The molecule has 12 heteroatoms. The van der Waals surface area contributed by atoms with E-state index >= 15 is 0 Å². The number of carbonyl (C=O) groups is 2. The summed E-state index contributed by atoms with van der Waals surface area (Å²) in [5.41, 5.74) is 0.663. The fourth-order valence-corrected chi connectivity index (χ4v) is 6.05. The zero-order valence-electron chi connectivity index (χ0n) is 20.4. The third kappa shape index (κ3) is 5.15. The number of hydrogen-bond acceptors (Lipinski definition) is 5. The molecule has 2 aromatic heterocycles. The number of ether oxygens (including phenoxy) is 1. The van der Waals surface area contributed by atoms with Crippen LogP contribution in [0.1, 0.15) is 61.9 Å². The molecule has 0 spiro atoms. The van der Waals surface area contributed by atoms with Crippen LogP contribution in [0.5, 0.6) is 5.88 Å². The van der Waals surface area contributed by atoms with Crippen LogP contribution in [0.2, 0.25) is 0 Å². The number of alkyl halides is 3. The normalized spacial score (nSPS) is 27.7. The van der Waals surface area contributed by atoms with Gasteiger partial charge in [-0.3, -0.25) is 14.7 Å². The second kappa shape index (κ2) is 9.94. The second-order valence-corrected chi connectivity index (χ2v) is 10.2. The number of pyridine rings is 1. The van der Waals surface area contributed by atoms with Gasteiger partial charge in [-0.2, -0.15) is 18.3 Å². The number of carbonyl (C=O) groups excluding carboxylic acids is 2. The highest BCUT2D eigenvalue weighted by Gasteiger charge is 2.46. The molecule has 1 aliphatic carbocycles. The first-order valence-corrected chi connectivity index (χ1v) is 12.6. The maximum atomic E-state index is 14.3. The first kappa shape index (κ1) is 25.5. The lowest BCUT2D eigenvalue weighted by Gasteiger charge is -2.39. The van der Waals surface area contributed by atoms with Crippen molar-refractivity contribution >= 4 is 11.8 Å². The number of halogens is 4. The predicted molar refractivity (Wildman–Crippen MR) is 124 cm³/mol. The summed E-state index contributed by atoms with van der Waals surface area (Å²) >= 11 is 0. The Labute approximate surface area is 211 Å². The van der Waals surface area contributed by atoms with E-state index in [4.69, 9.17) is 4.74 Å². The third-order valence-corrected chi connectivity index (χ3v) is 8.00. The van der Waals surface area contributed by atoms with Crippen molar-refractivity contribution in [2.75, 3.05) is 7.11 Å². The minimum atomic E-state index is -4.18. The molecule has 0 aromatic carbocycles. The number of methoxy groups -OCH3 is 1. The van der Waals surface area contributed by atoms with Gasteiger partial charge in [-0.05, 0) is 57.4 Å². The molecule has 200 valence electrons. The molecule has 0 unspecified atom stereocenters. The molecule has 2 aliphatic heterocycles. The van der Waals surface area contributed by atoms with E-state index in [1.807, 2.05) is 0 Å². The number of amides is 2. The van der Waals surface area contributed by atoms with Crippen LogP contribution < -0.4 is 10.1 Å². The zero-order chi connectivity index (χ0) is 26.3. The highest BCUT2D eigenvalue weighted by molar-refractivity contribution is 5.94. The lowest BCUT2D eigenvalue weighted by atomic mass is 9.84. The molecule has 2 amide bonds. The van der Waals surface area contributed by atoms with E-state index in [1.54, 1.807) is 4.90 Å². The molecule has 5 rings (SSSR count). The Morgan fingerprint density at radius 2 is 1.76 bits per heavy atom. The highest BCUT2D eigenvalue weighted by atomic mass is 19.4. The minimum absolute atomic E-state index is 0.0362. The van der Waals surface area contributed by atoms with Crippen molar-refractivity contribution in [2.24, 2.45) is 11.8 Å². The van der Waals surface area contributed by atoms with Gasteiger partial charge in [-0.1, -0.05) is 0 Å². The van der Waals surface area contributed by atoms with Gasteiger partial charge < -0.3 is 15.0 Å². The van der Waals surface area contributed by atoms with Crippen LogP contribution in [0.3, 0.4) is 0 Å². The molecule has 4 heterocycles. The summed E-state index contributed by atoms with van der Waals surface area (Å²) in [5.74, 6) is -2.34. The largest absolute Gasteiger partial charge is 0.481 e. The summed E-state index contributed by atoms with van der Waals surface area (Å²) in [6.45, 7) is 0. The smallest absolute Gasteiger partial charge is 0.391 e. The van der Waals surface area contributed by atoms with Gasteiger partial charge in [0.05, 0.1) is 24.9 Å². The molecule has 3 fully saturated rings. The van der Waals surface area contributed by atoms with E-state index in [-0.39, 0.29) is 65.8 Å². The van der Waals surface area contributed by atoms with E-state index in [9.17, 15) is 27.2 Å². The highest BCUT2D eigenvalue weighted by Crippen LogP contribution is 2.41. The van der Waals surface area contributed by atoms with Crippen LogP contribution in [0.25, 0.3) is 11.3 Å². The first-order valence-electron chi connectivity index (χ1n) is 12.6. The van der Waals surface area contributed by atoms with Crippen molar-refractivity contribution in [1.29, 1.82) is 0 Å². The Kier molecular flexibility index (Phi) is 6.84. The van der Waals surface area contributed by atoms with Gasteiger partial charge in [0.2, 0.25) is 11.8 Å². The van der Waals surface area contributed by atoms with Crippen molar-refractivity contribution < 1.29 is 31.9 Å². The molecule has 3 atom stereocenters. The fourth-order valence-electron chi connectivity index (χ4n) is 6.05. The van der Waals surface area contributed by atoms with E-state index in [1.165, 1.54) is 19.2 Å². The Bertz CT molecular complexity index is 1150. The van der Waals surface area contributed by atoms with Gasteiger partial charge in [0, 0.05) is 35.7 Å². The molecule has 1 saturated carbocycles. The average molecular weight is 524 g/mol. The van der Waals surface area contributed by atoms with Crippen molar-refractivity contribution in [3.8, 4) is 17.1 Å². The molecule has 2 saturated heterocycles. The lowest BCUT2D eigenvalue weighted by Crippen LogP contribution is -2.51. The van der Waals surface area contributed by atoms with Crippen LogP contribution in [0.4, 0.5) is 17.6 Å². The number of hydrogen-bond donors (Lipinski definition) is 2. The maximum Gasteiger partial charge on any atom is 0.391 e. The summed E-state index contributed by atoms with van der Waals surface area (Å²) in [5, 5.41) is 9.79. The molecule has 0 radical (unpaired) electrons. The maximum absolute atomic E-state index is 14.3. The van der Waals surface area contributed by atoms with E-state index < -0.39 is 17.9 Å². The monoisotopic (exact) mass is 523 g/mol. The topological polar surface area (TPSA) is 100 Å². The van der Waals surface area contributed by atoms with Gasteiger partial charge in [-0.15, -0.1) is 0 Å². The number of H-pyrrole nitrogens is 1. The van der Waals surface area contributed by atoms with Gasteiger partial charge in [0.1, 0.15) is 0 Å². The molecule has 2 aromatic rings. The predicted octanol–water partition coefficient (Wildman–Crippen LogP) is 4.24. The molecule has 8 nitrogen and oxygen atoms in total. The Morgan fingerprint density at radius 3 is 2.38 bits per heavy atom. The Balaban J connectivity index is 1.20. The number of nitrogens with zero attached hydrogens (tertiary/aromatic N) is 3. The summed E-state index contributed by atoms with van der Waals surface area (Å²) < 4.78 is 58.1. The number of rotatable bonds is 5. The van der Waals surface area contributed by atoms with Crippen LogP contribution in [0.15, 0.2) is 18.3 Å². The van der Waals surface area contributed by atoms with Crippen molar-refractivity contribution in [2.45, 2.75) is 75.7 Å². The fraction of sp³-hybridized carbons (Fsp3) is 0.600. The summed E-state index contributed by atoms with van der Waals surface area (Å²) in [4.78, 5) is 31.9. The molecule has 2 bridgehead atoms. The number of aromatic nitrogens is 3. The number of piperidine rings is 1. The van der Waals surface area contributed by atoms with Crippen molar-refractivity contribution in [1.82, 2.24) is 25.4 Å². The van der Waals surface area contributed by atoms with Crippen LogP contribution in [0, 0.1) is 17.7 Å². The summed E-state index contributed by atoms with van der Waals surface area (Å²) in [6.07, 6.45) is 0.115. The first-order chi connectivity index (χ1) is 17.6. The summed E-state index contributed by atoms with van der Waals surface area (Å²) in [7, 11) is 1.42. The van der Waals surface area contributed by atoms with Gasteiger partial charge in [0.25, 0.3) is 5.91 Å². The third-order valence-electron chi connectivity index (χ3n) is 8.00. The standard InChI is InChI=1S/C25H29F4N5O3/c1-37-22-10-18(19(26)12-30-22)20-11-21(33-32-20)24(36)34-16-6-7-17(34)9-13(8-16)23(35)31-15-4-2-14(3-5-15)25(27,28)29/h10-17H,2-9H2,1H3,(H,31,35)(H,32,33)/t13-,14-,15+,16-,17+. The molecule has 3 aliphatic rings. The van der Waals surface area contributed by atoms with Crippen LogP contribution >= 0.6 is 0 Å². The SMILES string of the molecule is COc1cc(-c2cc(C(=O)N3[C@@H]4CC[C@H]3C[C@H](C(=O)N[C@H]3CC[C@@H](C(F)(F)F)CC3)C4)n[nH]2)c(F)cn1. The van der Waals surface area contributed by atoms with Gasteiger partial charge in [-0.25, -0.2) is 9.37 Å². The molecular formula is C25H29F4N5O3. The second-order valence-electron chi connectivity index (χ2n) is 10.2. The van der Waals surface area contributed by atoms with Crippen LogP contribution in [-0.2, 0) is 4.79 Å². The molecule has 37 heavy (non-hydrogen) atoms.